The van der Waals surface area contributed by atoms with Crippen molar-refractivity contribution in [3.8, 4) is 0 Å². The number of amides is 1. The predicted molar refractivity (Wildman–Crippen MR) is 153 cm³/mol. The summed E-state index contributed by atoms with van der Waals surface area (Å²) in [4.78, 5) is 37.2. The van der Waals surface area contributed by atoms with Gasteiger partial charge in [-0.25, -0.2) is 4.79 Å². The quantitative estimate of drug-likeness (QED) is 0.206. The van der Waals surface area contributed by atoms with E-state index in [1.165, 1.54) is 7.11 Å². The van der Waals surface area contributed by atoms with E-state index in [9.17, 15) is 14.4 Å². The van der Waals surface area contributed by atoms with E-state index in [4.69, 9.17) is 9.16 Å². The van der Waals surface area contributed by atoms with E-state index in [0.717, 1.165) is 15.9 Å². The molecular formula is C31H37NO6Si. The number of ether oxygens (including phenoxy) is 2. The molecule has 1 amide bonds. The summed E-state index contributed by atoms with van der Waals surface area (Å²) in [5.41, 5.74) is 0.842. The molecule has 0 aromatic heterocycles. The minimum atomic E-state index is -2.92. The number of nitrogens with one attached hydrogen (secondary N) is 1. The first kappa shape index (κ1) is 29.8. The molecule has 1 atom stereocenters. The number of hydrogen-bond donors (Lipinski definition) is 1. The zero-order valence-electron chi connectivity index (χ0n) is 23.0. The van der Waals surface area contributed by atoms with Gasteiger partial charge in [-0.1, -0.05) is 112 Å². The molecule has 206 valence electrons. The Labute approximate surface area is 231 Å². The van der Waals surface area contributed by atoms with Gasteiger partial charge in [0.15, 0.2) is 0 Å². The largest absolute Gasteiger partial charge is 0.469 e. The van der Waals surface area contributed by atoms with E-state index in [-0.39, 0.29) is 36.9 Å². The zero-order valence-corrected chi connectivity index (χ0v) is 24.0. The van der Waals surface area contributed by atoms with E-state index >= 15 is 0 Å². The number of esters is 1. The lowest BCUT2D eigenvalue weighted by Gasteiger charge is -2.43. The van der Waals surface area contributed by atoms with Crippen molar-refractivity contribution in [1.82, 2.24) is 5.32 Å². The Hall–Kier alpha value is -3.75. The molecular weight excluding hydrogens is 510 g/mol. The van der Waals surface area contributed by atoms with Crippen molar-refractivity contribution in [2.24, 2.45) is 0 Å². The summed E-state index contributed by atoms with van der Waals surface area (Å²) < 4.78 is 17.0. The number of methoxy groups -OCH3 is 1. The normalized spacial score (nSPS) is 12.3. The molecule has 0 aliphatic heterocycles. The highest BCUT2D eigenvalue weighted by atomic mass is 28.4. The fraction of sp³-hybridized carbons (Fsp3) is 0.323. The van der Waals surface area contributed by atoms with Crippen molar-refractivity contribution in [2.45, 2.75) is 51.3 Å². The number of alkyl carbamates (subject to hydrolysis) is 1. The van der Waals surface area contributed by atoms with E-state index in [1.54, 1.807) is 0 Å². The van der Waals surface area contributed by atoms with Crippen LogP contribution in [0.25, 0.3) is 0 Å². The van der Waals surface area contributed by atoms with Gasteiger partial charge < -0.3 is 19.2 Å². The summed E-state index contributed by atoms with van der Waals surface area (Å²) in [5, 5.41) is 4.67. The van der Waals surface area contributed by atoms with E-state index in [1.807, 2.05) is 66.7 Å². The van der Waals surface area contributed by atoms with Crippen LogP contribution in [-0.4, -0.2) is 45.9 Å². The Balaban J connectivity index is 1.88. The third-order valence-electron chi connectivity index (χ3n) is 6.50. The minimum absolute atomic E-state index is 0.0562. The summed E-state index contributed by atoms with van der Waals surface area (Å²) in [6, 6.07) is 28.8. The Bertz CT molecular complexity index is 1170. The van der Waals surface area contributed by atoms with Crippen LogP contribution < -0.4 is 15.7 Å². The smallest absolute Gasteiger partial charge is 0.407 e. The molecule has 0 saturated heterocycles. The fourth-order valence-electron chi connectivity index (χ4n) is 4.65. The maximum atomic E-state index is 12.8. The van der Waals surface area contributed by atoms with Crippen LogP contribution in [0.3, 0.4) is 0 Å². The SMILES string of the molecule is COC(=O)CC(=O)C[C@@H](CO[Si](c1ccccc1)(c1ccccc1)C(C)(C)C)NC(=O)OCc1ccccc1. The summed E-state index contributed by atoms with van der Waals surface area (Å²) in [6.45, 7) is 6.60. The molecule has 0 aliphatic carbocycles. The summed E-state index contributed by atoms with van der Waals surface area (Å²) in [5.74, 6) is -0.987. The van der Waals surface area contributed by atoms with E-state index in [0.29, 0.717) is 0 Å². The third-order valence-corrected chi connectivity index (χ3v) is 11.5. The zero-order chi connectivity index (χ0) is 28.3. The molecule has 0 saturated carbocycles. The van der Waals surface area contributed by atoms with Crippen LogP contribution in [0.5, 0.6) is 0 Å². The Morgan fingerprint density at radius 1 is 0.821 bits per heavy atom. The Morgan fingerprint density at radius 3 is 1.82 bits per heavy atom. The molecule has 0 radical (unpaired) electrons. The van der Waals surface area contributed by atoms with Crippen LogP contribution >= 0.6 is 0 Å². The molecule has 39 heavy (non-hydrogen) atoms. The second-order valence-corrected chi connectivity index (χ2v) is 14.7. The van der Waals surface area contributed by atoms with Gasteiger partial charge in [0.2, 0.25) is 0 Å². The molecule has 0 bridgehead atoms. The lowest BCUT2D eigenvalue weighted by atomic mass is 10.1. The number of Topliss-reactive ketones (excluding diaryl/α,β-unsaturated/α-hetero) is 1. The summed E-state index contributed by atoms with van der Waals surface area (Å²) >= 11 is 0. The Kier molecular flexibility index (Phi) is 10.6. The van der Waals surface area contributed by atoms with Crippen LogP contribution in [0.15, 0.2) is 91.0 Å². The van der Waals surface area contributed by atoms with Crippen molar-refractivity contribution in [1.29, 1.82) is 0 Å². The van der Waals surface area contributed by atoms with Crippen molar-refractivity contribution >= 4 is 36.5 Å². The summed E-state index contributed by atoms with van der Waals surface area (Å²) in [6.07, 6.45) is -1.15. The lowest BCUT2D eigenvalue weighted by Crippen LogP contribution is -2.67. The van der Waals surface area contributed by atoms with Crippen LogP contribution in [0.4, 0.5) is 4.79 Å². The van der Waals surface area contributed by atoms with Crippen molar-refractivity contribution in [3.05, 3.63) is 96.6 Å². The second kappa shape index (κ2) is 13.9. The highest BCUT2D eigenvalue weighted by Gasteiger charge is 2.50. The van der Waals surface area contributed by atoms with Crippen molar-refractivity contribution in [3.63, 3.8) is 0 Å². The standard InChI is InChI=1S/C31H37NO6Si/c1-31(2,3)39(27-16-10-6-11-17-27,28-18-12-7-13-19-28)38-23-25(20-26(33)21-29(34)36-4)32-30(35)37-22-24-14-8-5-9-15-24/h5-19,25H,20-23H2,1-4H3,(H,32,35)/t25-/m0/s1. The van der Waals surface area contributed by atoms with Gasteiger partial charge in [-0.2, -0.15) is 0 Å². The van der Waals surface area contributed by atoms with Crippen LogP contribution in [0.1, 0.15) is 39.2 Å². The molecule has 0 unspecified atom stereocenters. The van der Waals surface area contributed by atoms with E-state index in [2.05, 4.69) is 55.1 Å². The molecule has 1 N–H and O–H groups in total. The molecule has 3 aromatic rings. The Morgan fingerprint density at radius 2 is 1.33 bits per heavy atom. The first-order valence-corrected chi connectivity index (χ1v) is 14.9. The molecule has 0 spiro atoms. The number of rotatable bonds is 12. The van der Waals surface area contributed by atoms with Crippen LogP contribution in [0.2, 0.25) is 5.04 Å². The monoisotopic (exact) mass is 547 g/mol. The van der Waals surface area contributed by atoms with Gasteiger partial charge in [0, 0.05) is 6.42 Å². The molecule has 8 heteroatoms. The number of ketones is 1. The predicted octanol–water partition coefficient (Wildman–Crippen LogP) is 4.38. The third kappa shape index (κ3) is 8.11. The number of carbonyl (C=O) groups is 3. The van der Waals surface area contributed by atoms with Gasteiger partial charge >= 0.3 is 12.1 Å². The maximum Gasteiger partial charge on any atom is 0.407 e. The minimum Gasteiger partial charge on any atom is -0.469 e. The number of benzene rings is 3. The van der Waals surface area contributed by atoms with E-state index < -0.39 is 26.4 Å². The molecule has 3 aromatic carbocycles. The first-order chi connectivity index (χ1) is 18.7. The van der Waals surface area contributed by atoms with Gasteiger partial charge in [-0.3, -0.25) is 9.59 Å². The van der Waals surface area contributed by atoms with Gasteiger partial charge in [0.1, 0.15) is 18.8 Å². The first-order valence-electron chi connectivity index (χ1n) is 13.0. The summed E-state index contributed by atoms with van der Waals surface area (Å²) in [7, 11) is -1.68. The molecule has 0 heterocycles. The number of carbonyl (C=O) groups excluding carboxylic acids is 3. The van der Waals surface area contributed by atoms with Crippen LogP contribution in [-0.2, 0) is 30.1 Å². The fourth-order valence-corrected chi connectivity index (χ4v) is 9.26. The van der Waals surface area contributed by atoms with Crippen molar-refractivity contribution in [2.75, 3.05) is 13.7 Å². The van der Waals surface area contributed by atoms with Crippen LogP contribution in [0, 0.1) is 0 Å². The molecule has 3 rings (SSSR count). The average molecular weight is 548 g/mol. The highest BCUT2D eigenvalue weighted by Crippen LogP contribution is 2.36. The molecule has 7 nitrogen and oxygen atoms in total. The number of hydrogen-bond acceptors (Lipinski definition) is 6. The molecule has 0 aliphatic rings. The maximum absolute atomic E-state index is 12.8. The van der Waals surface area contributed by atoms with Crippen molar-refractivity contribution < 1.29 is 28.3 Å². The second-order valence-electron chi connectivity index (χ2n) is 10.4. The van der Waals surface area contributed by atoms with Gasteiger partial charge in [0.05, 0.1) is 19.8 Å². The highest BCUT2D eigenvalue weighted by molar-refractivity contribution is 6.99. The van der Waals surface area contributed by atoms with Gasteiger partial charge in [-0.15, -0.1) is 0 Å². The lowest BCUT2D eigenvalue weighted by molar-refractivity contribution is -0.143. The van der Waals surface area contributed by atoms with Gasteiger partial charge in [-0.05, 0) is 21.0 Å². The van der Waals surface area contributed by atoms with Gasteiger partial charge in [0.25, 0.3) is 8.32 Å². The molecule has 0 fully saturated rings. The topological polar surface area (TPSA) is 90.9 Å². The average Bonchev–Trinajstić information content (AvgIpc) is 2.93.